The number of hydrogen-bond donors (Lipinski definition) is 3. The Bertz CT molecular complexity index is 1240. The minimum atomic E-state index is -1.16. The maximum absolute atomic E-state index is 13.4. The molecule has 10 heteroatoms. The summed E-state index contributed by atoms with van der Waals surface area (Å²) in [5, 5.41) is 8.36. The molecule has 0 bridgehead atoms. The standard InChI is InChI=1S/C32H43N5O5/c1-22(2)29-32(41)36(3)17-18-42-27-10-6-5-9-25(27)30(39)34-26(19-28(38)35-29)31(40)33-20-23-11-13-24(14-12-23)21-37-15-7-4-8-16-37/h5-6,9-14,22,26,29H,4,7-8,15-21H2,1-3H3,(H,33,40)(H,34,39)(H,35,38)/t26-,29+/m0/s1. The van der Waals surface area contributed by atoms with Crippen LogP contribution in [0.4, 0.5) is 0 Å². The average Bonchev–Trinajstić information content (AvgIpc) is 2.98. The van der Waals surface area contributed by atoms with E-state index in [0.29, 0.717) is 5.75 Å². The number of ether oxygens (including phenoxy) is 1. The maximum atomic E-state index is 13.4. The van der Waals surface area contributed by atoms with Crippen LogP contribution < -0.4 is 20.7 Å². The fourth-order valence-corrected chi connectivity index (χ4v) is 5.25. The highest BCUT2D eigenvalue weighted by atomic mass is 16.5. The van der Waals surface area contributed by atoms with Gasteiger partial charge in [0.2, 0.25) is 17.7 Å². The normalized spacial score (nSPS) is 21.0. The van der Waals surface area contributed by atoms with Gasteiger partial charge in [-0.1, -0.05) is 56.7 Å². The molecule has 4 rings (SSSR count). The van der Waals surface area contributed by atoms with Gasteiger partial charge < -0.3 is 25.6 Å². The van der Waals surface area contributed by atoms with Crippen LogP contribution in [0.5, 0.6) is 5.75 Å². The Hall–Kier alpha value is -3.92. The van der Waals surface area contributed by atoms with Crippen molar-refractivity contribution in [1.82, 2.24) is 25.8 Å². The molecular weight excluding hydrogens is 534 g/mol. The van der Waals surface area contributed by atoms with Gasteiger partial charge in [0.05, 0.1) is 18.5 Å². The molecule has 2 aromatic carbocycles. The van der Waals surface area contributed by atoms with Crippen molar-refractivity contribution in [3.8, 4) is 5.75 Å². The molecule has 2 aromatic rings. The van der Waals surface area contributed by atoms with Crippen LogP contribution in [-0.4, -0.2) is 78.8 Å². The minimum Gasteiger partial charge on any atom is -0.491 e. The number of hydrogen-bond acceptors (Lipinski definition) is 6. The molecule has 0 aromatic heterocycles. The number of nitrogens with one attached hydrogen (secondary N) is 3. The molecule has 0 spiro atoms. The summed E-state index contributed by atoms with van der Waals surface area (Å²) >= 11 is 0. The molecule has 1 saturated heterocycles. The molecule has 2 aliphatic rings. The van der Waals surface area contributed by atoms with E-state index in [-0.39, 0.29) is 43.5 Å². The van der Waals surface area contributed by atoms with E-state index >= 15 is 0 Å². The van der Waals surface area contributed by atoms with Gasteiger partial charge in [-0.15, -0.1) is 0 Å². The molecule has 3 N–H and O–H groups in total. The number of benzene rings is 2. The Morgan fingerprint density at radius 3 is 2.36 bits per heavy atom. The van der Waals surface area contributed by atoms with Crippen molar-refractivity contribution in [2.24, 2.45) is 5.92 Å². The van der Waals surface area contributed by atoms with Crippen molar-refractivity contribution in [2.75, 3.05) is 33.3 Å². The first-order valence-electron chi connectivity index (χ1n) is 14.9. The summed E-state index contributed by atoms with van der Waals surface area (Å²) in [5.74, 6) is -1.62. The largest absolute Gasteiger partial charge is 0.491 e. The topological polar surface area (TPSA) is 120 Å². The monoisotopic (exact) mass is 577 g/mol. The number of rotatable bonds is 6. The number of fused-ring (bicyclic) bond motifs is 1. The van der Waals surface area contributed by atoms with Crippen molar-refractivity contribution >= 4 is 23.6 Å². The first-order chi connectivity index (χ1) is 20.2. The molecule has 0 unspecified atom stereocenters. The van der Waals surface area contributed by atoms with Gasteiger partial charge in [0.25, 0.3) is 5.91 Å². The van der Waals surface area contributed by atoms with Gasteiger partial charge in [0.15, 0.2) is 0 Å². The predicted molar refractivity (Wildman–Crippen MR) is 160 cm³/mol. The highest BCUT2D eigenvalue weighted by Gasteiger charge is 2.31. The molecule has 10 nitrogen and oxygen atoms in total. The smallest absolute Gasteiger partial charge is 0.255 e. The number of amides is 4. The van der Waals surface area contributed by atoms with Crippen molar-refractivity contribution in [2.45, 2.75) is 64.7 Å². The van der Waals surface area contributed by atoms with E-state index in [1.54, 1.807) is 31.3 Å². The zero-order valence-corrected chi connectivity index (χ0v) is 24.9. The molecule has 2 heterocycles. The van der Waals surface area contributed by atoms with Crippen LogP contribution in [0.25, 0.3) is 0 Å². The lowest BCUT2D eigenvalue weighted by Crippen LogP contribution is -2.54. The Kier molecular flexibility index (Phi) is 10.9. The molecule has 0 aliphatic carbocycles. The Morgan fingerprint density at radius 1 is 0.952 bits per heavy atom. The minimum absolute atomic E-state index is 0.159. The molecule has 1 fully saturated rings. The number of carbonyl (C=O) groups is 4. The maximum Gasteiger partial charge on any atom is 0.255 e. The van der Waals surface area contributed by atoms with Crippen LogP contribution in [0.15, 0.2) is 48.5 Å². The summed E-state index contributed by atoms with van der Waals surface area (Å²) in [6.07, 6.45) is 3.45. The van der Waals surface area contributed by atoms with Gasteiger partial charge in [-0.3, -0.25) is 24.1 Å². The third kappa shape index (κ3) is 8.55. The summed E-state index contributed by atoms with van der Waals surface area (Å²) in [6.45, 7) is 7.53. The molecule has 2 aliphatic heterocycles. The van der Waals surface area contributed by atoms with Crippen LogP contribution in [-0.2, 0) is 27.5 Å². The fourth-order valence-electron chi connectivity index (χ4n) is 5.25. The van der Waals surface area contributed by atoms with Gasteiger partial charge >= 0.3 is 0 Å². The SMILES string of the molecule is CC(C)[C@H]1NC(=O)C[C@@H](C(=O)NCc2ccc(CN3CCCCC3)cc2)NC(=O)c2ccccc2OCCN(C)C1=O. The molecule has 4 amide bonds. The lowest BCUT2D eigenvalue weighted by Gasteiger charge is -2.28. The van der Waals surface area contributed by atoms with Crippen LogP contribution in [0.1, 0.15) is 61.0 Å². The summed E-state index contributed by atoms with van der Waals surface area (Å²) in [4.78, 5) is 56.8. The van der Waals surface area contributed by atoms with E-state index < -0.39 is 29.8 Å². The number of likely N-dealkylation sites (tertiary alicyclic amines) is 1. The van der Waals surface area contributed by atoms with Crippen molar-refractivity contribution in [1.29, 1.82) is 0 Å². The van der Waals surface area contributed by atoms with E-state index in [9.17, 15) is 19.2 Å². The number of likely N-dealkylation sites (N-methyl/N-ethyl adjacent to an activating group) is 1. The van der Waals surface area contributed by atoms with Gasteiger partial charge in [0, 0.05) is 20.1 Å². The first kappa shape index (κ1) is 31.0. The predicted octanol–water partition coefficient (Wildman–Crippen LogP) is 2.47. The summed E-state index contributed by atoms with van der Waals surface area (Å²) < 4.78 is 5.85. The molecule has 0 radical (unpaired) electrons. The van der Waals surface area contributed by atoms with E-state index in [1.165, 1.54) is 29.7 Å². The second-order valence-electron chi connectivity index (χ2n) is 11.5. The third-order valence-electron chi connectivity index (χ3n) is 7.80. The molecule has 2 atom stereocenters. The highest BCUT2D eigenvalue weighted by Crippen LogP contribution is 2.19. The zero-order chi connectivity index (χ0) is 30.1. The van der Waals surface area contributed by atoms with Gasteiger partial charge in [0.1, 0.15) is 24.4 Å². The Balaban J connectivity index is 1.47. The lowest BCUT2D eigenvalue weighted by molar-refractivity contribution is -0.137. The lowest BCUT2D eigenvalue weighted by atomic mass is 10.0. The van der Waals surface area contributed by atoms with Gasteiger partial charge in [-0.05, 0) is 55.1 Å². The summed E-state index contributed by atoms with van der Waals surface area (Å²) in [7, 11) is 1.65. The van der Waals surface area contributed by atoms with E-state index in [0.717, 1.165) is 25.2 Å². The van der Waals surface area contributed by atoms with Crippen LogP contribution in [0.2, 0.25) is 0 Å². The number of para-hydroxylation sites is 1. The highest BCUT2D eigenvalue weighted by molar-refractivity contribution is 6.01. The first-order valence-corrected chi connectivity index (χ1v) is 14.9. The number of carbonyl (C=O) groups excluding carboxylic acids is 4. The van der Waals surface area contributed by atoms with Crippen LogP contribution >= 0.6 is 0 Å². The number of piperidine rings is 1. The van der Waals surface area contributed by atoms with Crippen molar-refractivity contribution in [3.63, 3.8) is 0 Å². The van der Waals surface area contributed by atoms with Gasteiger partial charge in [-0.2, -0.15) is 0 Å². The number of nitrogens with zero attached hydrogens (tertiary/aromatic N) is 2. The van der Waals surface area contributed by atoms with Gasteiger partial charge in [-0.25, -0.2) is 0 Å². The second-order valence-corrected chi connectivity index (χ2v) is 11.5. The van der Waals surface area contributed by atoms with E-state index in [4.69, 9.17) is 4.74 Å². The summed E-state index contributed by atoms with van der Waals surface area (Å²) in [5.41, 5.74) is 2.38. The van der Waals surface area contributed by atoms with E-state index in [2.05, 4.69) is 33.0 Å². The molecule has 0 saturated carbocycles. The van der Waals surface area contributed by atoms with E-state index in [1.807, 2.05) is 26.0 Å². The molecule has 42 heavy (non-hydrogen) atoms. The Morgan fingerprint density at radius 2 is 1.64 bits per heavy atom. The zero-order valence-electron chi connectivity index (χ0n) is 24.9. The third-order valence-corrected chi connectivity index (χ3v) is 7.80. The van der Waals surface area contributed by atoms with Crippen molar-refractivity contribution in [3.05, 3.63) is 65.2 Å². The Labute approximate surface area is 248 Å². The van der Waals surface area contributed by atoms with Crippen molar-refractivity contribution < 1.29 is 23.9 Å². The quantitative estimate of drug-likeness (QED) is 0.485. The second kappa shape index (κ2) is 14.8. The molecular formula is C32H43N5O5. The fraction of sp³-hybridized carbons (Fsp3) is 0.500. The molecule has 226 valence electrons. The van der Waals surface area contributed by atoms with Crippen LogP contribution in [0, 0.1) is 5.92 Å². The summed E-state index contributed by atoms with van der Waals surface area (Å²) in [6, 6.07) is 12.9. The van der Waals surface area contributed by atoms with Crippen LogP contribution in [0.3, 0.4) is 0 Å². The average molecular weight is 578 g/mol.